The number of fused-ring (bicyclic) bond motifs is 1. The standard InChI is InChI=1S/C25H27F3N6O/c1-13(17-6-5-7-18(21(17)26)22(27)28)29-23-19-8-20(14(2)30-24(19)32-15(3)31-23)34-11-25(12-34)9-33(10-25)16(4)35/h5-8,13,22H,9-12H2,1-4H3,(H,29,30,31,32). The van der Waals surface area contributed by atoms with E-state index in [1.54, 1.807) is 20.8 Å². The first-order valence-corrected chi connectivity index (χ1v) is 11.6. The lowest BCUT2D eigenvalue weighted by molar-refractivity contribution is -0.142. The summed E-state index contributed by atoms with van der Waals surface area (Å²) in [6, 6.07) is 5.38. The summed E-state index contributed by atoms with van der Waals surface area (Å²) in [6.45, 7) is 10.2. The third-order valence-corrected chi connectivity index (χ3v) is 6.97. The summed E-state index contributed by atoms with van der Waals surface area (Å²) in [6.07, 6.45) is -2.89. The average molecular weight is 485 g/mol. The molecule has 4 heterocycles. The highest BCUT2D eigenvalue weighted by molar-refractivity contribution is 5.90. The minimum Gasteiger partial charge on any atom is -0.369 e. The molecule has 10 heteroatoms. The Hall–Kier alpha value is -3.43. The van der Waals surface area contributed by atoms with Crippen molar-refractivity contribution in [2.45, 2.75) is 40.2 Å². The minimum absolute atomic E-state index is 0.102. The number of halogens is 3. The van der Waals surface area contributed by atoms with Crippen molar-refractivity contribution in [1.29, 1.82) is 0 Å². The fourth-order valence-corrected chi connectivity index (χ4v) is 5.15. The van der Waals surface area contributed by atoms with Gasteiger partial charge in [0, 0.05) is 44.1 Å². The van der Waals surface area contributed by atoms with Crippen LogP contribution >= 0.6 is 0 Å². The molecule has 2 aliphatic rings. The van der Waals surface area contributed by atoms with Gasteiger partial charge >= 0.3 is 0 Å². The Morgan fingerprint density at radius 3 is 2.43 bits per heavy atom. The van der Waals surface area contributed by atoms with Gasteiger partial charge in [-0.3, -0.25) is 4.79 Å². The number of benzene rings is 1. The number of aromatic nitrogens is 3. The maximum atomic E-state index is 14.7. The topological polar surface area (TPSA) is 74.2 Å². The molecular weight excluding hydrogens is 457 g/mol. The molecule has 0 radical (unpaired) electrons. The number of alkyl halides is 2. The quantitative estimate of drug-likeness (QED) is 0.572. The molecule has 1 unspecified atom stereocenters. The molecule has 0 saturated carbocycles. The molecule has 3 aromatic rings. The highest BCUT2D eigenvalue weighted by atomic mass is 19.3. The molecule has 0 aliphatic carbocycles. The molecule has 2 saturated heterocycles. The van der Waals surface area contributed by atoms with Gasteiger partial charge in [0.1, 0.15) is 17.5 Å². The fourth-order valence-electron chi connectivity index (χ4n) is 5.15. The van der Waals surface area contributed by atoms with Crippen LogP contribution in [0.25, 0.3) is 11.0 Å². The number of amides is 1. The summed E-state index contributed by atoms with van der Waals surface area (Å²) < 4.78 is 41.1. The van der Waals surface area contributed by atoms with Crippen LogP contribution in [0.3, 0.4) is 0 Å². The predicted molar refractivity (Wildman–Crippen MR) is 127 cm³/mol. The second-order valence-corrected chi connectivity index (χ2v) is 9.73. The van der Waals surface area contributed by atoms with Crippen LogP contribution in [0, 0.1) is 25.1 Å². The first-order valence-electron chi connectivity index (χ1n) is 11.6. The largest absolute Gasteiger partial charge is 0.369 e. The van der Waals surface area contributed by atoms with Gasteiger partial charge in [0.25, 0.3) is 6.43 Å². The van der Waals surface area contributed by atoms with Crippen LogP contribution in [0.5, 0.6) is 0 Å². The van der Waals surface area contributed by atoms with Crippen molar-refractivity contribution in [3.8, 4) is 0 Å². The van der Waals surface area contributed by atoms with Crippen molar-refractivity contribution in [1.82, 2.24) is 19.9 Å². The van der Waals surface area contributed by atoms with Crippen molar-refractivity contribution in [2.24, 2.45) is 5.41 Å². The zero-order valence-corrected chi connectivity index (χ0v) is 20.1. The Morgan fingerprint density at radius 1 is 1.09 bits per heavy atom. The van der Waals surface area contributed by atoms with E-state index in [4.69, 9.17) is 4.98 Å². The summed E-state index contributed by atoms with van der Waals surface area (Å²) >= 11 is 0. The van der Waals surface area contributed by atoms with Crippen LogP contribution < -0.4 is 10.2 Å². The van der Waals surface area contributed by atoms with Crippen LogP contribution in [0.15, 0.2) is 24.3 Å². The van der Waals surface area contributed by atoms with Gasteiger partial charge in [-0.15, -0.1) is 0 Å². The van der Waals surface area contributed by atoms with Gasteiger partial charge in [0.15, 0.2) is 5.65 Å². The molecule has 5 rings (SSSR count). The summed E-state index contributed by atoms with van der Waals surface area (Å²) in [5.74, 6) is 0.149. The number of likely N-dealkylation sites (tertiary alicyclic amines) is 1. The Balaban J connectivity index is 1.43. The van der Waals surface area contributed by atoms with Crippen LogP contribution in [0.4, 0.5) is 24.7 Å². The average Bonchev–Trinajstić information content (AvgIpc) is 2.71. The zero-order chi connectivity index (χ0) is 25.1. The van der Waals surface area contributed by atoms with Crippen LogP contribution in [-0.4, -0.2) is 51.9 Å². The molecular formula is C25H27F3N6O. The van der Waals surface area contributed by atoms with E-state index in [2.05, 4.69) is 20.2 Å². The number of aryl methyl sites for hydroxylation is 2. The molecule has 2 aliphatic heterocycles. The summed E-state index contributed by atoms with van der Waals surface area (Å²) in [7, 11) is 0. The fraction of sp³-hybridized carbons (Fsp3) is 0.440. The minimum atomic E-state index is -2.89. The van der Waals surface area contributed by atoms with Gasteiger partial charge in [-0.2, -0.15) is 0 Å². The predicted octanol–water partition coefficient (Wildman–Crippen LogP) is 4.56. The zero-order valence-electron chi connectivity index (χ0n) is 20.1. The molecule has 7 nitrogen and oxygen atoms in total. The van der Waals surface area contributed by atoms with E-state index in [-0.39, 0.29) is 16.9 Å². The number of nitrogens with zero attached hydrogens (tertiary/aromatic N) is 5. The molecule has 1 atom stereocenters. The SMILES string of the molecule is CC(=O)N1CC2(C1)CN(c1cc3c(NC(C)c4cccc(C(F)F)c4F)nc(C)nc3nc1C)C2. The molecule has 1 aromatic carbocycles. The van der Waals surface area contributed by atoms with Crippen LogP contribution in [0.1, 0.15) is 49.0 Å². The first-order chi connectivity index (χ1) is 16.6. The van der Waals surface area contributed by atoms with Crippen molar-refractivity contribution < 1.29 is 18.0 Å². The normalized spacial score (nSPS) is 17.5. The number of hydrogen-bond donors (Lipinski definition) is 1. The lowest BCUT2D eigenvalue weighted by Gasteiger charge is -2.60. The van der Waals surface area contributed by atoms with Crippen molar-refractivity contribution >= 4 is 28.4 Å². The molecule has 2 aromatic heterocycles. The molecule has 1 amide bonds. The van der Waals surface area contributed by atoms with Crippen molar-refractivity contribution in [3.05, 3.63) is 52.7 Å². The van der Waals surface area contributed by atoms with Gasteiger partial charge in [0.05, 0.1) is 28.4 Å². The third-order valence-electron chi connectivity index (χ3n) is 6.97. The first kappa shape index (κ1) is 23.3. The molecule has 1 N–H and O–H groups in total. The van der Waals surface area contributed by atoms with E-state index in [1.165, 1.54) is 12.1 Å². The lowest BCUT2D eigenvalue weighted by atomic mass is 9.72. The molecule has 1 spiro atoms. The Kier molecular flexibility index (Phi) is 5.56. The van der Waals surface area contributed by atoms with Gasteiger partial charge in [-0.05, 0) is 26.8 Å². The number of nitrogens with one attached hydrogen (secondary N) is 1. The van der Waals surface area contributed by atoms with Crippen molar-refractivity contribution in [2.75, 3.05) is 36.4 Å². The Bertz CT molecular complexity index is 1320. The number of carbonyl (C=O) groups excluding carboxylic acids is 1. The van der Waals surface area contributed by atoms with Gasteiger partial charge in [-0.25, -0.2) is 28.1 Å². The van der Waals surface area contributed by atoms with Gasteiger partial charge < -0.3 is 15.1 Å². The van der Waals surface area contributed by atoms with Crippen LogP contribution in [0.2, 0.25) is 0 Å². The number of pyridine rings is 1. The number of hydrogen-bond acceptors (Lipinski definition) is 6. The number of rotatable bonds is 5. The van der Waals surface area contributed by atoms with Gasteiger partial charge in [0.2, 0.25) is 5.91 Å². The Labute approximate surface area is 201 Å². The lowest BCUT2D eigenvalue weighted by Crippen LogP contribution is -2.73. The molecule has 2 fully saturated rings. The Morgan fingerprint density at radius 2 is 1.77 bits per heavy atom. The van der Waals surface area contributed by atoms with E-state index >= 15 is 0 Å². The van der Waals surface area contributed by atoms with E-state index in [0.29, 0.717) is 22.7 Å². The highest BCUT2D eigenvalue weighted by Crippen LogP contribution is 2.43. The molecule has 184 valence electrons. The third kappa shape index (κ3) is 4.04. The molecule has 35 heavy (non-hydrogen) atoms. The second-order valence-electron chi connectivity index (χ2n) is 9.73. The van der Waals surface area contributed by atoms with E-state index in [1.807, 2.05) is 17.9 Å². The summed E-state index contributed by atoms with van der Waals surface area (Å²) in [5.41, 5.74) is 1.96. The van der Waals surface area contributed by atoms with E-state index in [0.717, 1.165) is 43.6 Å². The second kappa shape index (κ2) is 8.35. The maximum absolute atomic E-state index is 14.7. The molecule has 0 bridgehead atoms. The highest BCUT2D eigenvalue weighted by Gasteiger charge is 2.52. The van der Waals surface area contributed by atoms with Crippen molar-refractivity contribution in [3.63, 3.8) is 0 Å². The summed E-state index contributed by atoms with van der Waals surface area (Å²) in [5, 5.41) is 3.86. The monoisotopic (exact) mass is 484 g/mol. The van der Waals surface area contributed by atoms with E-state index < -0.39 is 23.8 Å². The van der Waals surface area contributed by atoms with Crippen LogP contribution in [-0.2, 0) is 4.79 Å². The van der Waals surface area contributed by atoms with E-state index in [9.17, 15) is 18.0 Å². The smallest absolute Gasteiger partial charge is 0.266 e. The number of anilines is 2. The van der Waals surface area contributed by atoms with Gasteiger partial charge in [-0.1, -0.05) is 18.2 Å². The summed E-state index contributed by atoms with van der Waals surface area (Å²) in [4.78, 5) is 29.3. The number of carbonyl (C=O) groups is 1. The maximum Gasteiger partial charge on any atom is 0.266 e.